The summed E-state index contributed by atoms with van der Waals surface area (Å²) in [5, 5.41) is 11.9. The van der Waals surface area contributed by atoms with Gasteiger partial charge in [0.25, 0.3) is 5.91 Å². The monoisotopic (exact) mass is 581 g/mol. The summed E-state index contributed by atoms with van der Waals surface area (Å²) in [6.45, 7) is 2.23. The van der Waals surface area contributed by atoms with Crippen molar-refractivity contribution in [3.8, 4) is 5.75 Å². The quantitative estimate of drug-likeness (QED) is 0.375. The predicted molar refractivity (Wildman–Crippen MR) is 143 cm³/mol. The van der Waals surface area contributed by atoms with Crippen molar-refractivity contribution in [3.05, 3.63) is 74.0 Å². The zero-order valence-electron chi connectivity index (χ0n) is 20.8. The van der Waals surface area contributed by atoms with E-state index in [1.807, 2.05) is 4.90 Å². The van der Waals surface area contributed by atoms with Crippen molar-refractivity contribution in [2.24, 2.45) is 5.73 Å². The van der Waals surface area contributed by atoms with Gasteiger partial charge in [0.1, 0.15) is 35.7 Å². The van der Waals surface area contributed by atoms with Gasteiger partial charge in [-0.25, -0.2) is 13.8 Å². The maximum Gasteiger partial charge on any atom is 0.271 e. The van der Waals surface area contributed by atoms with Gasteiger partial charge in [0.2, 0.25) is 5.43 Å². The number of hydrogen-bond donors (Lipinski definition) is 3. The maximum atomic E-state index is 14.2. The summed E-state index contributed by atoms with van der Waals surface area (Å²) in [6, 6.07) is 6.45. The second-order valence-corrected chi connectivity index (χ2v) is 10.7. The number of β-amino-alcohol motifs (C(OH)–C–C–N with tert-alkyl or cyclic N) is 1. The largest absolute Gasteiger partial charge is 0.491 e. The predicted octanol–water partition coefficient (Wildman–Crippen LogP) is 2.69. The minimum atomic E-state index is -0.819. The van der Waals surface area contributed by atoms with Crippen LogP contribution in [0.1, 0.15) is 23.2 Å². The van der Waals surface area contributed by atoms with Crippen LogP contribution in [0.4, 0.5) is 8.78 Å². The number of aliphatic hydroxyl groups is 1. The highest BCUT2D eigenvalue weighted by molar-refractivity contribution is 6.31. The zero-order chi connectivity index (χ0) is 27.9. The van der Waals surface area contributed by atoms with Crippen LogP contribution in [-0.4, -0.2) is 70.9 Å². The first-order valence-corrected chi connectivity index (χ1v) is 13.2. The number of hydrazine groups is 1. The smallest absolute Gasteiger partial charge is 0.271 e. The van der Waals surface area contributed by atoms with Gasteiger partial charge >= 0.3 is 0 Å². The van der Waals surface area contributed by atoms with Gasteiger partial charge in [0.05, 0.1) is 21.2 Å². The van der Waals surface area contributed by atoms with E-state index in [1.165, 1.54) is 24.4 Å². The van der Waals surface area contributed by atoms with Crippen LogP contribution in [0.3, 0.4) is 0 Å². The third-order valence-electron chi connectivity index (χ3n) is 6.97. The lowest BCUT2D eigenvalue weighted by Crippen LogP contribution is -2.55. The van der Waals surface area contributed by atoms with Crippen molar-refractivity contribution >= 4 is 40.0 Å². The Labute approximate surface area is 232 Å². The molecule has 2 aromatic carbocycles. The molecule has 208 valence electrons. The van der Waals surface area contributed by atoms with Crippen LogP contribution >= 0.6 is 23.2 Å². The topological polar surface area (TPSA) is 113 Å². The molecule has 2 heterocycles. The average Bonchev–Trinajstić information content (AvgIpc) is 3.65. The molecular formula is C26H27Cl2F2N5O4. The molecule has 13 heteroatoms. The molecule has 1 saturated carbocycles. The molecule has 1 aliphatic heterocycles. The molecule has 0 radical (unpaired) electrons. The number of fused-ring (bicyclic) bond motifs is 1. The first-order chi connectivity index (χ1) is 18.5. The SMILES string of the molecule is NC1(n2cc(C(=O)NN3CCN(CC(O)COc4ccc(Cl)c(F)c4)CC3)c(=O)c3cc(F)c(Cl)cc32)CC1. The molecule has 1 saturated heterocycles. The van der Waals surface area contributed by atoms with Gasteiger partial charge in [-0.1, -0.05) is 23.2 Å². The standard InChI is InChI=1S/C26H27Cl2F2N5O4/c27-19-2-1-16(9-21(19)29)39-14-15(36)12-33-5-7-34(8-6-33)32-25(38)18-13-35(26(31)3-4-26)23-11-20(28)22(30)10-17(23)24(18)37/h1-2,9-11,13,15,36H,3-8,12,14,31H2,(H,32,38). The number of nitrogens with one attached hydrogen (secondary N) is 1. The molecule has 2 aliphatic rings. The van der Waals surface area contributed by atoms with E-state index in [0.29, 0.717) is 51.1 Å². The number of amides is 1. The Morgan fingerprint density at radius 2 is 1.79 bits per heavy atom. The Morgan fingerprint density at radius 3 is 2.46 bits per heavy atom. The van der Waals surface area contributed by atoms with Crippen LogP contribution in [-0.2, 0) is 5.66 Å². The van der Waals surface area contributed by atoms with Crippen molar-refractivity contribution in [1.82, 2.24) is 19.9 Å². The van der Waals surface area contributed by atoms with E-state index < -0.39 is 34.7 Å². The number of nitrogens with two attached hydrogens (primary N) is 1. The fraction of sp³-hybridized carbons (Fsp3) is 0.385. The normalized spacial score (nSPS) is 18.2. The average molecular weight is 582 g/mol. The van der Waals surface area contributed by atoms with Crippen molar-refractivity contribution in [2.45, 2.75) is 24.6 Å². The Hall–Kier alpha value is -2.80. The second kappa shape index (κ2) is 11.0. The molecule has 1 aromatic heterocycles. The van der Waals surface area contributed by atoms with E-state index in [4.69, 9.17) is 33.7 Å². The number of nitrogens with zero attached hydrogens (tertiary/aromatic N) is 3. The van der Waals surface area contributed by atoms with Gasteiger partial charge in [-0.2, -0.15) is 0 Å². The van der Waals surface area contributed by atoms with Crippen molar-refractivity contribution in [2.75, 3.05) is 39.3 Å². The van der Waals surface area contributed by atoms with Crippen molar-refractivity contribution in [3.63, 3.8) is 0 Å². The first-order valence-electron chi connectivity index (χ1n) is 12.4. The summed E-state index contributed by atoms with van der Waals surface area (Å²) >= 11 is 11.6. The van der Waals surface area contributed by atoms with Crippen LogP contribution in [0, 0.1) is 11.6 Å². The van der Waals surface area contributed by atoms with E-state index in [0.717, 1.165) is 12.1 Å². The number of benzene rings is 2. The van der Waals surface area contributed by atoms with Gasteiger partial charge in [-0.15, -0.1) is 0 Å². The molecule has 2 fully saturated rings. The van der Waals surface area contributed by atoms with E-state index in [2.05, 4.69) is 5.43 Å². The Bertz CT molecular complexity index is 1470. The summed E-state index contributed by atoms with van der Waals surface area (Å²) in [5.74, 6) is -1.70. The summed E-state index contributed by atoms with van der Waals surface area (Å²) in [6.07, 6.45) is 1.90. The summed E-state index contributed by atoms with van der Waals surface area (Å²) in [4.78, 5) is 28.3. The zero-order valence-corrected chi connectivity index (χ0v) is 22.3. The fourth-order valence-corrected chi connectivity index (χ4v) is 4.85. The number of carbonyl (C=O) groups excluding carboxylic acids is 1. The molecular weight excluding hydrogens is 555 g/mol. The third-order valence-corrected chi connectivity index (χ3v) is 7.56. The van der Waals surface area contributed by atoms with Gasteiger partial charge in [-0.3, -0.25) is 19.9 Å². The highest BCUT2D eigenvalue weighted by atomic mass is 35.5. The molecule has 0 spiro atoms. The highest BCUT2D eigenvalue weighted by Gasteiger charge is 2.41. The Balaban J connectivity index is 1.19. The molecule has 4 N–H and O–H groups in total. The third kappa shape index (κ3) is 6.03. The van der Waals surface area contributed by atoms with E-state index >= 15 is 0 Å². The Morgan fingerprint density at radius 1 is 1.10 bits per heavy atom. The van der Waals surface area contributed by atoms with Gasteiger partial charge in [-0.05, 0) is 37.1 Å². The van der Waals surface area contributed by atoms with Crippen LogP contribution in [0.5, 0.6) is 5.75 Å². The highest BCUT2D eigenvalue weighted by Crippen LogP contribution is 2.40. The fourth-order valence-electron chi connectivity index (χ4n) is 4.57. The second-order valence-electron chi connectivity index (χ2n) is 9.90. The number of halogens is 4. The van der Waals surface area contributed by atoms with Gasteiger partial charge in [0, 0.05) is 50.4 Å². The van der Waals surface area contributed by atoms with Crippen molar-refractivity contribution in [1.29, 1.82) is 0 Å². The molecule has 1 aliphatic carbocycles. The summed E-state index contributed by atoms with van der Waals surface area (Å²) in [5.41, 5.74) is 7.99. The summed E-state index contributed by atoms with van der Waals surface area (Å²) in [7, 11) is 0. The minimum absolute atomic E-state index is 0.0100. The lowest BCUT2D eigenvalue weighted by molar-refractivity contribution is 0.0316. The molecule has 1 atom stereocenters. The molecule has 1 unspecified atom stereocenters. The number of aromatic nitrogens is 1. The molecule has 39 heavy (non-hydrogen) atoms. The molecule has 9 nitrogen and oxygen atoms in total. The number of carbonyl (C=O) groups is 1. The number of ether oxygens (including phenoxy) is 1. The van der Waals surface area contributed by atoms with Crippen LogP contribution < -0.4 is 21.3 Å². The van der Waals surface area contributed by atoms with Gasteiger partial charge < -0.3 is 20.1 Å². The number of rotatable bonds is 8. The number of aliphatic hydroxyl groups excluding tert-OH is 1. The number of pyridine rings is 1. The van der Waals surface area contributed by atoms with E-state index in [1.54, 1.807) is 9.58 Å². The Kier molecular flexibility index (Phi) is 7.82. The van der Waals surface area contributed by atoms with E-state index in [9.17, 15) is 23.5 Å². The van der Waals surface area contributed by atoms with E-state index in [-0.39, 0.29) is 33.4 Å². The molecule has 3 aromatic rings. The van der Waals surface area contributed by atoms with Crippen molar-refractivity contribution < 1.29 is 23.4 Å². The van der Waals surface area contributed by atoms with Crippen LogP contribution in [0.25, 0.3) is 10.9 Å². The van der Waals surface area contributed by atoms with Crippen LogP contribution in [0.2, 0.25) is 10.0 Å². The summed E-state index contributed by atoms with van der Waals surface area (Å²) < 4.78 is 34.8. The van der Waals surface area contributed by atoms with Crippen LogP contribution in [0.15, 0.2) is 41.3 Å². The molecule has 5 rings (SSSR count). The molecule has 1 amide bonds. The first kappa shape index (κ1) is 27.8. The van der Waals surface area contributed by atoms with Gasteiger partial charge in [0.15, 0.2) is 0 Å². The maximum absolute atomic E-state index is 14.2. The minimum Gasteiger partial charge on any atom is -0.491 e. The number of hydrogen-bond acceptors (Lipinski definition) is 7. The lowest BCUT2D eigenvalue weighted by atomic mass is 10.1. The number of piperazine rings is 1. The lowest BCUT2D eigenvalue weighted by Gasteiger charge is -2.35. The molecule has 0 bridgehead atoms.